The number of hydrazine groups is 1. The number of likely N-dealkylation sites (tertiary alicyclic amines) is 1. The van der Waals surface area contributed by atoms with Crippen molar-refractivity contribution in [3.05, 3.63) is 10.4 Å². The van der Waals surface area contributed by atoms with Gasteiger partial charge in [-0.25, -0.2) is 19.6 Å². The van der Waals surface area contributed by atoms with E-state index in [-0.39, 0.29) is 18.2 Å². The van der Waals surface area contributed by atoms with Gasteiger partial charge in [0.05, 0.1) is 19.3 Å². The largest absolute Gasteiger partial charge is 0.444 e. The van der Waals surface area contributed by atoms with Gasteiger partial charge in [0.25, 0.3) is 0 Å². The molecule has 0 aromatic carbocycles. The SMILES string of the molecule is CC(C)(C)OC(=O)N[C@@H]1CCN(N(C(=O)OC(C)(C)C)[C@@H]2CCN(CCOCCN=[N+]=[N-])C2)C1. The first-order valence-corrected chi connectivity index (χ1v) is 12.0. The predicted octanol–water partition coefficient (Wildman–Crippen LogP) is 3.14. The molecule has 1 N–H and O–H groups in total. The van der Waals surface area contributed by atoms with E-state index in [1.807, 2.05) is 46.6 Å². The van der Waals surface area contributed by atoms with E-state index in [0.29, 0.717) is 45.8 Å². The number of alkyl carbamates (subject to hydrolysis) is 1. The number of carbonyl (C=O) groups excluding carboxylic acids is 2. The molecule has 0 aliphatic carbocycles. The van der Waals surface area contributed by atoms with Crippen molar-refractivity contribution in [2.75, 3.05) is 52.5 Å². The topological polar surface area (TPSA) is 132 Å². The molecule has 0 radical (unpaired) electrons. The Kier molecular flexibility index (Phi) is 10.2. The molecule has 2 heterocycles. The quantitative estimate of drug-likeness (QED) is 0.230. The minimum absolute atomic E-state index is 0.0293. The number of amides is 2. The van der Waals surface area contributed by atoms with Crippen molar-refractivity contribution in [2.24, 2.45) is 5.11 Å². The van der Waals surface area contributed by atoms with E-state index < -0.39 is 17.3 Å². The van der Waals surface area contributed by atoms with E-state index in [0.717, 1.165) is 19.5 Å². The van der Waals surface area contributed by atoms with Crippen LogP contribution in [0.15, 0.2) is 5.11 Å². The van der Waals surface area contributed by atoms with Crippen LogP contribution in [0.4, 0.5) is 9.59 Å². The maximum absolute atomic E-state index is 13.2. The van der Waals surface area contributed by atoms with Crippen molar-refractivity contribution in [3.63, 3.8) is 0 Å². The summed E-state index contributed by atoms with van der Waals surface area (Å²) in [5, 5.41) is 10.1. The lowest BCUT2D eigenvalue weighted by Crippen LogP contribution is -2.54. The molecule has 0 spiro atoms. The lowest BCUT2D eigenvalue weighted by molar-refractivity contribution is -0.0608. The molecule has 0 aromatic rings. The molecule has 194 valence electrons. The molecule has 12 heteroatoms. The van der Waals surface area contributed by atoms with E-state index in [4.69, 9.17) is 19.7 Å². The summed E-state index contributed by atoms with van der Waals surface area (Å²) < 4.78 is 16.6. The molecule has 2 aliphatic rings. The van der Waals surface area contributed by atoms with E-state index >= 15 is 0 Å². The zero-order chi connectivity index (χ0) is 25.4. The van der Waals surface area contributed by atoms with Crippen LogP contribution in [-0.2, 0) is 14.2 Å². The Hall–Kier alpha value is -2.27. The normalized spacial score (nSPS) is 21.7. The summed E-state index contributed by atoms with van der Waals surface area (Å²) in [5.41, 5.74) is 7.13. The minimum Gasteiger partial charge on any atom is -0.444 e. The smallest absolute Gasteiger partial charge is 0.425 e. The van der Waals surface area contributed by atoms with Gasteiger partial charge in [0.1, 0.15) is 11.2 Å². The van der Waals surface area contributed by atoms with Gasteiger partial charge >= 0.3 is 12.2 Å². The summed E-state index contributed by atoms with van der Waals surface area (Å²) in [6, 6.07) is -0.139. The number of carbonyl (C=O) groups is 2. The Morgan fingerprint density at radius 3 is 2.41 bits per heavy atom. The Morgan fingerprint density at radius 1 is 1.06 bits per heavy atom. The van der Waals surface area contributed by atoms with Gasteiger partial charge in [0, 0.05) is 50.2 Å². The summed E-state index contributed by atoms with van der Waals surface area (Å²) in [7, 11) is 0. The second kappa shape index (κ2) is 12.4. The van der Waals surface area contributed by atoms with Crippen LogP contribution in [-0.4, -0.2) is 103 Å². The molecular weight excluding hydrogens is 442 g/mol. The first-order valence-electron chi connectivity index (χ1n) is 12.0. The second-order valence-electron chi connectivity index (χ2n) is 10.7. The zero-order valence-corrected chi connectivity index (χ0v) is 21.5. The average Bonchev–Trinajstić information content (AvgIpc) is 3.32. The number of nitrogens with zero attached hydrogens (tertiary/aromatic N) is 6. The summed E-state index contributed by atoms with van der Waals surface area (Å²) in [6.07, 6.45) is 0.714. The van der Waals surface area contributed by atoms with Gasteiger partial charge < -0.3 is 19.5 Å². The lowest BCUT2D eigenvalue weighted by Gasteiger charge is -2.37. The fraction of sp³-hybridized carbons (Fsp3) is 0.909. The molecule has 12 nitrogen and oxygen atoms in total. The Balaban J connectivity index is 1.95. The summed E-state index contributed by atoms with van der Waals surface area (Å²) >= 11 is 0. The van der Waals surface area contributed by atoms with Gasteiger partial charge in [-0.05, 0) is 59.9 Å². The van der Waals surface area contributed by atoms with E-state index in [1.54, 1.807) is 5.01 Å². The molecule has 34 heavy (non-hydrogen) atoms. The molecule has 2 aliphatic heterocycles. The summed E-state index contributed by atoms with van der Waals surface area (Å²) in [5.74, 6) is 0. The Bertz CT molecular complexity index is 730. The third kappa shape index (κ3) is 9.92. The van der Waals surface area contributed by atoms with Gasteiger partial charge in [0.15, 0.2) is 0 Å². The van der Waals surface area contributed by atoms with E-state index in [2.05, 4.69) is 20.2 Å². The first kappa shape index (κ1) is 28.0. The highest BCUT2D eigenvalue weighted by atomic mass is 16.6. The number of azide groups is 1. The summed E-state index contributed by atoms with van der Waals surface area (Å²) in [4.78, 5) is 30.3. The fourth-order valence-electron chi connectivity index (χ4n) is 3.99. The Labute approximate surface area is 202 Å². The van der Waals surface area contributed by atoms with Gasteiger partial charge in [-0.2, -0.15) is 0 Å². The van der Waals surface area contributed by atoms with Crippen molar-refractivity contribution < 1.29 is 23.8 Å². The highest BCUT2D eigenvalue weighted by molar-refractivity contribution is 5.69. The highest BCUT2D eigenvalue weighted by Gasteiger charge is 2.40. The van der Waals surface area contributed by atoms with Gasteiger partial charge in [0.2, 0.25) is 0 Å². The Morgan fingerprint density at radius 2 is 1.76 bits per heavy atom. The predicted molar refractivity (Wildman–Crippen MR) is 127 cm³/mol. The third-order valence-corrected chi connectivity index (χ3v) is 5.32. The van der Waals surface area contributed by atoms with Crippen LogP contribution >= 0.6 is 0 Å². The van der Waals surface area contributed by atoms with Gasteiger partial charge in [-0.15, -0.1) is 0 Å². The van der Waals surface area contributed by atoms with Crippen LogP contribution in [0.5, 0.6) is 0 Å². The van der Waals surface area contributed by atoms with Crippen LogP contribution in [0.2, 0.25) is 0 Å². The van der Waals surface area contributed by atoms with Gasteiger partial charge in [-0.3, -0.25) is 4.90 Å². The van der Waals surface area contributed by atoms with E-state index in [9.17, 15) is 9.59 Å². The van der Waals surface area contributed by atoms with Crippen molar-refractivity contribution in [1.29, 1.82) is 0 Å². The maximum atomic E-state index is 13.2. The molecule has 2 fully saturated rings. The minimum atomic E-state index is -0.610. The lowest BCUT2D eigenvalue weighted by atomic mass is 10.2. The first-order chi connectivity index (χ1) is 15.9. The number of ether oxygens (including phenoxy) is 3. The standard InChI is InChI=1S/C22H41N7O5/c1-21(2,3)33-19(30)25-17-7-11-28(15-17)29(20(31)34-22(4,5)6)18-8-10-27(16-18)12-14-32-13-9-24-26-23/h17-18H,7-16H2,1-6H3,(H,25,30)/t17-,18-/m1/s1. The zero-order valence-electron chi connectivity index (χ0n) is 21.5. The molecule has 2 atom stereocenters. The third-order valence-electron chi connectivity index (χ3n) is 5.32. The molecular formula is C22H41N7O5. The number of hydrogen-bond acceptors (Lipinski definition) is 8. The fourth-order valence-corrected chi connectivity index (χ4v) is 3.99. The molecule has 0 unspecified atom stereocenters. The van der Waals surface area contributed by atoms with E-state index in [1.165, 1.54) is 0 Å². The highest BCUT2D eigenvalue weighted by Crippen LogP contribution is 2.24. The number of rotatable bonds is 9. The van der Waals surface area contributed by atoms with Crippen LogP contribution in [0.3, 0.4) is 0 Å². The molecule has 2 rings (SSSR count). The van der Waals surface area contributed by atoms with Crippen molar-refractivity contribution in [3.8, 4) is 0 Å². The average molecular weight is 484 g/mol. The van der Waals surface area contributed by atoms with Crippen LogP contribution in [0.25, 0.3) is 10.4 Å². The molecule has 2 saturated heterocycles. The van der Waals surface area contributed by atoms with Crippen molar-refractivity contribution >= 4 is 12.2 Å². The van der Waals surface area contributed by atoms with Crippen LogP contribution < -0.4 is 5.32 Å². The van der Waals surface area contributed by atoms with Gasteiger partial charge in [-0.1, -0.05) is 5.11 Å². The van der Waals surface area contributed by atoms with Crippen molar-refractivity contribution in [1.82, 2.24) is 20.2 Å². The monoisotopic (exact) mass is 483 g/mol. The van der Waals surface area contributed by atoms with Crippen molar-refractivity contribution in [2.45, 2.75) is 77.7 Å². The molecule has 0 bridgehead atoms. The number of hydrogen-bond donors (Lipinski definition) is 1. The maximum Gasteiger partial charge on any atom is 0.425 e. The van der Waals surface area contributed by atoms with Crippen LogP contribution in [0, 0.1) is 0 Å². The number of nitrogens with one attached hydrogen (secondary N) is 1. The molecule has 2 amide bonds. The molecule has 0 aromatic heterocycles. The molecule has 0 saturated carbocycles. The second-order valence-corrected chi connectivity index (χ2v) is 10.7. The van der Waals surface area contributed by atoms with Crippen LogP contribution in [0.1, 0.15) is 54.4 Å². The summed E-state index contributed by atoms with van der Waals surface area (Å²) in [6.45, 7) is 15.7.